The molecular formula is C14H20N2O3. The van der Waals surface area contributed by atoms with Crippen molar-refractivity contribution in [2.24, 2.45) is 0 Å². The van der Waals surface area contributed by atoms with Gasteiger partial charge in [-0.3, -0.25) is 4.79 Å². The summed E-state index contributed by atoms with van der Waals surface area (Å²) in [6.45, 7) is 2.64. The number of carbonyl (C=O) groups excluding carboxylic acids is 1. The molecule has 1 aromatic rings. The summed E-state index contributed by atoms with van der Waals surface area (Å²) in [5.41, 5.74) is 1.94. The van der Waals surface area contributed by atoms with Gasteiger partial charge in [-0.1, -0.05) is 12.1 Å². The Morgan fingerprint density at radius 3 is 3.05 bits per heavy atom. The van der Waals surface area contributed by atoms with E-state index in [4.69, 9.17) is 9.47 Å². The molecule has 1 amide bonds. The van der Waals surface area contributed by atoms with Gasteiger partial charge in [0.1, 0.15) is 6.61 Å². The molecule has 2 rings (SSSR count). The van der Waals surface area contributed by atoms with Gasteiger partial charge in [-0.15, -0.1) is 0 Å². The highest BCUT2D eigenvalue weighted by Gasteiger charge is 2.20. The number of amides is 1. The maximum atomic E-state index is 12.2. The highest BCUT2D eigenvalue weighted by atomic mass is 16.5. The Bertz CT molecular complexity index is 423. The summed E-state index contributed by atoms with van der Waals surface area (Å²) in [4.78, 5) is 14.0. The normalized spacial score (nSPS) is 14.5. The molecule has 0 unspecified atom stereocenters. The number of benzene rings is 1. The molecule has 0 saturated heterocycles. The molecule has 1 aliphatic heterocycles. The molecule has 0 aromatic heterocycles. The Labute approximate surface area is 113 Å². The van der Waals surface area contributed by atoms with Gasteiger partial charge in [0.05, 0.1) is 24.6 Å². The first-order chi connectivity index (χ1) is 9.33. The fourth-order valence-electron chi connectivity index (χ4n) is 2.08. The average Bonchev–Trinajstić information content (AvgIpc) is 2.66. The third kappa shape index (κ3) is 3.68. The molecule has 1 aromatic carbocycles. The number of nitrogens with one attached hydrogen (secondary N) is 1. The fourth-order valence-corrected chi connectivity index (χ4v) is 2.08. The lowest BCUT2D eigenvalue weighted by molar-refractivity contribution is -0.123. The molecular weight excluding hydrogens is 244 g/mol. The van der Waals surface area contributed by atoms with E-state index in [9.17, 15) is 4.79 Å². The summed E-state index contributed by atoms with van der Waals surface area (Å²) in [6.07, 6.45) is 0.929. The van der Waals surface area contributed by atoms with Crippen LogP contribution in [-0.2, 0) is 14.3 Å². The first kappa shape index (κ1) is 13.8. The van der Waals surface area contributed by atoms with E-state index in [1.54, 1.807) is 12.0 Å². The lowest BCUT2D eigenvalue weighted by Crippen LogP contribution is -2.34. The summed E-state index contributed by atoms with van der Waals surface area (Å²) in [5, 5.41) is 3.33. The molecule has 19 heavy (non-hydrogen) atoms. The number of para-hydroxylation sites is 2. The van der Waals surface area contributed by atoms with Gasteiger partial charge in [0, 0.05) is 20.2 Å². The zero-order chi connectivity index (χ0) is 13.5. The Morgan fingerprint density at radius 2 is 2.21 bits per heavy atom. The molecule has 0 aliphatic carbocycles. The predicted molar refractivity (Wildman–Crippen MR) is 74.6 cm³/mol. The lowest BCUT2D eigenvalue weighted by atomic mass is 10.2. The van der Waals surface area contributed by atoms with Crippen LogP contribution >= 0.6 is 0 Å². The second-order valence-corrected chi connectivity index (χ2v) is 4.39. The highest BCUT2D eigenvalue weighted by molar-refractivity contribution is 5.97. The average molecular weight is 264 g/mol. The number of ether oxygens (including phenoxy) is 2. The Balaban J connectivity index is 2.00. The van der Waals surface area contributed by atoms with Crippen molar-refractivity contribution >= 4 is 17.3 Å². The third-order valence-corrected chi connectivity index (χ3v) is 3.03. The van der Waals surface area contributed by atoms with Crippen molar-refractivity contribution < 1.29 is 14.3 Å². The van der Waals surface area contributed by atoms with Gasteiger partial charge in [-0.25, -0.2) is 0 Å². The van der Waals surface area contributed by atoms with Crippen LogP contribution in [0.4, 0.5) is 11.4 Å². The van der Waals surface area contributed by atoms with Crippen LogP contribution in [0.5, 0.6) is 0 Å². The lowest BCUT2D eigenvalue weighted by Gasteiger charge is -2.22. The molecule has 1 heterocycles. The quantitative estimate of drug-likeness (QED) is 0.819. The van der Waals surface area contributed by atoms with Gasteiger partial charge >= 0.3 is 0 Å². The zero-order valence-corrected chi connectivity index (χ0v) is 11.2. The van der Waals surface area contributed by atoms with E-state index in [0.717, 1.165) is 30.9 Å². The monoisotopic (exact) mass is 264 g/mol. The van der Waals surface area contributed by atoms with Gasteiger partial charge < -0.3 is 19.7 Å². The number of methoxy groups -OCH3 is 1. The van der Waals surface area contributed by atoms with Crippen LogP contribution in [0, 0.1) is 0 Å². The molecule has 5 nitrogen and oxygen atoms in total. The standard InChI is InChI=1S/C14H20N2O3/c1-18-9-10-19-11-14(17)16-8-4-7-15-12-5-2-3-6-13(12)16/h2-3,5-6,15H,4,7-11H2,1H3. The van der Waals surface area contributed by atoms with Gasteiger partial charge in [0.15, 0.2) is 0 Å². The molecule has 5 heteroatoms. The number of rotatable bonds is 5. The van der Waals surface area contributed by atoms with Gasteiger partial charge in [-0.2, -0.15) is 0 Å². The van der Waals surface area contributed by atoms with Gasteiger partial charge in [-0.05, 0) is 18.6 Å². The Hall–Kier alpha value is -1.59. The van der Waals surface area contributed by atoms with Gasteiger partial charge in [0.2, 0.25) is 0 Å². The predicted octanol–water partition coefficient (Wildman–Crippen LogP) is 1.50. The Kier molecular flexibility index (Phi) is 5.18. The summed E-state index contributed by atoms with van der Waals surface area (Å²) >= 11 is 0. The van der Waals surface area contributed by atoms with Crippen molar-refractivity contribution in [3.63, 3.8) is 0 Å². The van der Waals surface area contributed by atoms with E-state index in [1.807, 2.05) is 24.3 Å². The molecule has 0 spiro atoms. The molecule has 104 valence electrons. The van der Waals surface area contributed by atoms with E-state index in [-0.39, 0.29) is 12.5 Å². The van der Waals surface area contributed by atoms with Crippen LogP contribution in [0.3, 0.4) is 0 Å². The number of carbonyl (C=O) groups is 1. The van der Waals surface area contributed by atoms with Crippen molar-refractivity contribution in [1.82, 2.24) is 0 Å². The van der Waals surface area contributed by atoms with Crippen LogP contribution < -0.4 is 10.2 Å². The maximum Gasteiger partial charge on any atom is 0.253 e. The third-order valence-electron chi connectivity index (χ3n) is 3.03. The topological polar surface area (TPSA) is 50.8 Å². The summed E-state index contributed by atoms with van der Waals surface area (Å²) in [6, 6.07) is 7.86. The Morgan fingerprint density at radius 1 is 1.37 bits per heavy atom. The minimum Gasteiger partial charge on any atom is -0.383 e. The van der Waals surface area contributed by atoms with Crippen molar-refractivity contribution in [3.8, 4) is 0 Å². The van der Waals surface area contributed by atoms with Crippen molar-refractivity contribution in [1.29, 1.82) is 0 Å². The molecule has 0 radical (unpaired) electrons. The summed E-state index contributed by atoms with van der Waals surface area (Å²) in [7, 11) is 1.61. The molecule has 0 atom stereocenters. The smallest absolute Gasteiger partial charge is 0.253 e. The zero-order valence-electron chi connectivity index (χ0n) is 11.2. The number of hydrogen-bond acceptors (Lipinski definition) is 4. The van der Waals surface area contributed by atoms with E-state index >= 15 is 0 Å². The maximum absolute atomic E-state index is 12.2. The molecule has 1 aliphatic rings. The van der Waals surface area contributed by atoms with Crippen LogP contribution in [0.1, 0.15) is 6.42 Å². The minimum absolute atomic E-state index is 0.00717. The van der Waals surface area contributed by atoms with Crippen LogP contribution in [-0.4, -0.2) is 45.9 Å². The highest BCUT2D eigenvalue weighted by Crippen LogP contribution is 2.27. The first-order valence-electron chi connectivity index (χ1n) is 6.53. The second-order valence-electron chi connectivity index (χ2n) is 4.39. The molecule has 0 bridgehead atoms. The van der Waals surface area contributed by atoms with E-state index in [0.29, 0.717) is 13.2 Å². The van der Waals surface area contributed by atoms with Crippen LogP contribution in [0.2, 0.25) is 0 Å². The van der Waals surface area contributed by atoms with E-state index in [1.165, 1.54) is 0 Å². The molecule has 1 N–H and O–H groups in total. The van der Waals surface area contributed by atoms with Crippen LogP contribution in [0.15, 0.2) is 24.3 Å². The van der Waals surface area contributed by atoms with Gasteiger partial charge in [0.25, 0.3) is 5.91 Å². The van der Waals surface area contributed by atoms with Crippen molar-refractivity contribution in [2.75, 3.05) is 50.2 Å². The second kappa shape index (κ2) is 7.11. The van der Waals surface area contributed by atoms with Crippen molar-refractivity contribution in [2.45, 2.75) is 6.42 Å². The van der Waals surface area contributed by atoms with E-state index in [2.05, 4.69) is 5.32 Å². The SMILES string of the molecule is COCCOCC(=O)N1CCCNc2ccccc21. The minimum atomic E-state index is -0.00717. The fraction of sp³-hybridized carbons (Fsp3) is 0.500. The summed E-state index contributed by atoms with van der Waals surface area (Å²) in [5.74, 6) is -0.00717. The number of hydrogen-bond donors (Lipinski definition) is 1. The van der Waals surface area contributed by atoms with Crippen molar-refractivity contribution in [3.05, 3.63) is 24.3 Å². The molecule has 0 fully saturated rings. The first-order valence-corrected chi connectivity index (χ1v) is 6.53. The number of anilines is 2. The number of nitrogens with zero attached hydrogens (tertiary/aromatic N) is 1. The van der Waals surface area contributed by atoms with E-state index < -0.39 is 0 Å². The van der Waals surface area contributed by atoms with Crippen LogP contribution in [0.25, 0.3) is 0 Å². The number of fused-ring (bicyclic) bond motifs is 1. The largest absolute Gasteiger partial charge is 0.383 e. The summed E-state index contributed by atoms with van der Waals surface area (Å²) < 4.78 is 10.2. The molecule has 0 saturated carbocycles.